The van der Waals surface area contributed by atoms with Crippen molar-refractivity contribution < 1.29 is 18.7 Å². The Kier molecular flexibility index (Phi) is 6.92. The Balaban J connectivity index is 2.06. The van der Waals surface area contributed by atoms with Gasteiger partial charge >= 0.3 is 0 Å². The molecular weight excluding hydrogens is 399 g/mol. The SMILES string of the molecule is C=C(/C=C\C=C/C)[C@@H]1c2cc(C(=O)Nc3cncnc3)cc(C(=O)NC)c2O[C@H]1CF. The maximum absolute atomic E-state index is 13.8. The predicted molar refractivity (Wildman–Crippen MR) is 116 cm³/mol. The summed E-state index contributed by atoms with van der Waals surface area (Å²) in [6.45, 7) is 5.16. The number of alkyl halides is 1. The molecule has 31 heavy (non-hydrogen) atoms. The lowest BCUT2D eigenvalue weighted by Crippen LogP contribution is -2.22. The fraction of sp³-hybridized carbons (Fsp3) is 0.217. The average molecular weight is 422 g/mol. The quantitative estimate of drug-likeness (QED) is 0.665. The van der Waals surface area contributed by atoms with Crippen molar-refractivity contribution in [2.75, 3.05) is 19.0 Å². The third-order valence-electron chi connectivity index (χ3n) is 4.81. The van der Waals surface area contributed by atoms with Gasteiger partial charge in [0, 0.05) is 18.2 Å². The molecule has 1 aromatic heterocycles. The van der Waals surface area contributed by atoms with Crippen molar-refractivity contribution >= 4 is 17.5 Å². The lowest BCUT2D eigenvalue weighted by molar-refractivity contribution is 0.0955. The Morgan fingerprint density at radius 2 is 1.97 bits per heavy atom. The molecular formula is C23H23FN4O3. The summed E-state index contributed by atoms with van der Waals surface area (Å²) in [5, 5.41) is 5.22. The lowest BCUT2D eigenvalue weighted by Gasteiger charge is -2.16. The van der Waals surface area contributed by atoms with Crippen molar-refractivity contribution in [2.45, 2.75) is 18.9 Å². The summed E-state index contributed by atoms with van der Waals surface area (Å²) in [5.41, 5.74) is 1.92. The number of benzene rings is 1. The number of nitrogens with zero attached hydrogens (tertiary/aromatic N) is 2. The van der Waals surface area contributed by atoms with Crippen LogP contribution in [0.2, 0.25) is 0 Å². The number of aromatic nitrogens is 2. The first-order valence-corrected chi connectivity index (χ1v) is 9.67. The molecule has 0 saturated heterocycles. The highest BCUT2D eigenvalue weighted by Gasteiger charge is 2.39. The van der Waals surface area contributed by atoms with E-state index in [0.29, 0.717) is 16.8 Å². The van der Waals surface area contributed by atoms with Gasteiger partial charge in [0.1, 0.15) is 24.9 Å². The number of ether oxygens (including phenoxy) is 1. The topological polar surface area (TPSA) is 93.2 Å². The van der Waals surface area contributed by atoms with Crippen LogP contribution in [0.5, 0.6) is 5.75 Å². The Morgan fingerprint density at radius 1 is 1.23 bits per heavy atom. The molecule has 2 aromatic rings. The molecule has 0 spiro atoms. The first-order valence-electron chi connectivity index (χ1n) is 9.67. The van der Waals surface area contributed by atoms with E-state index in [1.807, 2.05) is 19.1 Å². The number of halogens is 1. The standard InChI is InChI=1S/C23H23FN4O3/c1-4-5-6-7-14(2)20-17-8-15(22(29)28-16-11-26-13-27-12-16)9-18(23(30)25-3)21(17)31-19(20)10-24/h4-9,11-13,19-20H,2,10H2,1,3H3,(H,25,30)(H,28,29)/b5-4-,7-6-/t19-,20+/m0/s1. The molecule has 0 bridgehead atoms. The molecule has 1 aliphatic rings. The molecule has 1 aromatic carbocycles. The van der Waals surface area contributed by atoms with Crippen LogP contribution in [0.1, 0.15) is 39.1 Å². The zero-order valence-electron chi connectivity index (χ0n) is 17.3. The van der Waals surface area contributed by atoms with Crippen molar-refractivity contribution in [3.05, 3.63) is 84.0 Å². The lowest BCUT2D eigenvalue weighted by atomic mass is 9.86. The number of fused-ring (bicyclic) bond motifs is 1. The van der Waals surface area contributed by atoms with Crippen molar-refractivity contribution in [3.63, 3.8) is 0 Å². The Labute approximate surface area is 179 Å². The Hall–Kier alpha value is -3.81. The molecule has 160 valence electrons. The summed E-state index contributed by atoms with van der Waals surface area (Å²) in [6.07, 6.45) is 10.7. The summed E-state index contributed by atoms with van der Waals surface area (Å²) in [5.74, 6) is -1.19. The van der Waals surface area contributed by atoms with Crippen molar-refractivity contribution in [2.24, 2.45) is 0 Å². The van der Waals surface area contributed by atoms with Crippen LogP contribution in [-0.4, -0.2) is 41.6 Å². The molecule has 8 heteroatoms. The molecule has 2 heterocycles. The van der Waals surface area contributed by atoms with Gasteiger partial charge in [-0.05, 0) is 24.6 Å². The summed E-state index contributed by atoms with van der Waals surface area (Å²) >= 11 is 0. The number of carbonyl (C=O) groups is 2. The Bertz CT molecular complexity index is 1050. The molecule has 0 aliphatic carbocycles. The van der Waals surface area contributed by atoms with Crippen LogP contribution >= 0.6 is 0 Å². The number of allylic oxidation sites excluding steroid dienone is 4. The number of anilines is 1. The molecule has 2 amide bonds. The number of rotatable bonds is 7. The van der Waals surface area contributed by atoms with E-state index in [-0.39, 0.29) is 16.9 Å². The molecule has 0 fully saturated rings. The fourth-order valence-corrected chi connectivity index (χ4v) is 3.39. The van der Waals surface area contributed by atoms with Gasteiger partial charge in [0.25, 0.3) is 11.8 Å². The zero-order chi connectivity index (χ0) is 22.4. The molecule has 1 aliphatic heterocycles. The maximum atomic E-state index is 13.8. The normalized spacial score (nSPS) is 17.4. The zero-order valence-corrected chi connectivity index (χ0v) is 17.3. The molecule has 3 rings (SSSR count). The highest BCUT2D eigenvalue weighted by molar-refractivity contribution is 6.07. The van der Waals surface area contributed by atoms with Crippen LogP contribution < -0.4 is 15.4 Å². The van der Waals surface area contributed by atoms with Gasteiger partial charge in [0.05, 0.1) is 29.6 Å². The number of hydrogen-bond acceptors (Lipinski definition) is 5. The predicted octanol–water partition coefficient (Wildman–Crippen LogP) is 3.59. The molecule has 0 radical (unpaired) electrons. The van der Waals surface area contributed by atoms with Crippen LogP contribution in [0, 0.1) is 0 Å². The van der Waals surface area contributed by atoms with Crippen molar-refractivity contribution in [1.82, 2.24) is 15.3 Å². The van der Waals surface area contributed by atoms with Gasteiger partial charge in [-0.2, -0.15) is 0 Å². The highest BCUT2D eigenvalue weighted by Crippen LogP contribution is 2.45. The maximum Gasteiger partial charge on any atom is 0.255 e. The number of amides is 2. The fourth-order valence-electron chi connectivity index (χ4n) is 3.39. The third kappa shape index (κ3) is 4.69. The number of nitrogens with one attached hydrogen (secondary N) is 2. The molecule has 0 unspecified atom stereocenters. The second-order valence-electron chi connectivity index (χ2n) is 6.85. The average Bonchev–Trinajstić information content (AvgIpc) is 3.17. The van der Waals surface area contributed by atoms with E-state index < -0.39 is 30.5 Å². The van der Waals surface area contributed by atoms with Gasteiger partial charge in [-0.1, -0.05) is 30.9 Å². The molecule has 2 N–H and O–H groups in total. The molecule has 2 atom stereocenters. The van der Waals surface area contributed by atoms with E-state index in [1.54, 1.807) is 18.2 Å². The van der Waals surface area contributed by atoms with Gasteiger partial charge in [-0.3, -0.25) is 9.59 Å². The van der Waals surface area contributed by atoms with Crippen LogP contribution in [-0.2, 0) is 0 Å². The molecule has 7 nitrogen and oxygen atoms in total. The minimum absolute atomic E-state index is 0.153. The van der Waals surface area contributed by atoms with Crippen molar-refractivity contribution in [1.29, 1.82) is 0 Å². The van der Waals surface area contributed by atoms with Gasteiger partial charge in [0.2, 0.25) is 0 Å². The van der Waals surface area contributed by atoms with Crippen molar-refractivity contribution in [3.8, 4) is 5.75 Å². The van der Waals surface area contributed by atoms with Crippen LogP contribution in [0.25, 0.3) is 0 Å². The summed E-state index contributed by atoms with van der Waals surface area (Å²) < 4.78 is 19.6. The number of hydrogen-bond donors (Lipinski definition) is 2. The van der Waals surface area contributed by atoms with Crippen LogP contribution in [0.4, 0.5) is 10.1 Å². The monoisotopic (exact) mass is 422 g/mol. The second-order valence-corrected chi connectivity index (χ2v) is 6.85. The van der Waals surface area contributed by atoms with E-state index in [2.05, 4.69) is 27.2 Å². The van der Waals surface area contributed by atoms with Crippen LogP contribution in [0.3, 0.4) is 0 Å². The van der Waals surface area contributed by atoms with Gasteiger partial charge in [-0.15, -0.1) is 0 Å². The summed E-state index contributed by atoms with van der Waals surface area (Å²) in [7, 11) is 1.47. The van der Waals surface area contributed by atoms with E-state index in [0.717, 1.165) is 0 Å². The van der Waals surface area contributed by atoms with Gasteiger partial charge in [0.15, 0.2) is 0 Å². The minimum atomic E-state index is -0.845. The summed E-state index contributed by atoms with van der Waals surface area (Å²) in [6, 6.07) is 3.03. The summed E-state index contributed by atoms with van der Waals surface area (Å²) in [4.78, 5) is 33.1. The number of carbonyl (C=O) groups excluding carboxylic acids is 2. The van der Waals surface area contributed by atoms with E-state index in [9.17, 15) is 14.0 Å². The third-order valence-corrected chi connectivity index (χ3v) is 4.81. The van der Waals surface area contributed by atoms with Gasteiger partial charge in [-0.25, -0.2) is 14.4 Å². The second kappa shape index (κ2) is 9.80. The Morgan fingerprint density at radius 3 is 2.61 bits per heavy atom. The molecule has 0 saturated carbocycles. The van der Waals surface area contributed by atoms with Gasteiger partial charge < -0.3 is 15.4 Å². The highest BCUT2D eigenvalue weighted by atomic mass is 19.1. The van der Waals surface area contributed by atoms with E-state index in [4.69, 9.17) is 4.74 Å². The minimum Gasteiger partial charge on any atom is -0.486 e. The van der Waals surface area contributed by atoms with Crippen LogP contribution in [0.15, 0.2) is 67.3 Å². The van der Waals surface area contributed by atoms with E-state index in [1.165, 1.54) is 31.8 Å². The first-order chi connectivity index (χ1) is 15.0. The first kappa shape index (κ1) is 21.9. The smallest absolute Gasteiger partial charge is 0.255 e. The van der Waals surface area contributed by atoms with E-state index >= 15 is 0 Å². The largest absolute Gasteiger partial charge is 0.486 e.